The lowest BCUT2D eigenvalue weighted by molar-refractivity contribution is -0.0682. The van der Waals surface area contributed by atoms with Crippen LogP contribution in [-0.4, -0.2) is 55.0 Å². The maximum atomic E-state index is 12.2. The van der Waals surface area contributed by atoms with Gasteiger partial charge in [-0.15, -0.1) is 0 Å². The van der Waals surface area contributed by atoms with E-state index in [4.69, 9.17) is 4.74 Å². The Hall–Kier alpha value is -0.810. The van der Waals surface area contributed by atoms with E-state index in [1.54, 1.807) is 7.11 Å². The van der Waals surface area contributed by atoms with Crippen molar-refractivity contribution in [3.05, 3.63) is 0 Å². The number of aliphatic hydroxyl groups is 1. The molecule has 2 rings (SSSR count). The Balaban J connectivity index is 1.82. The Kier molecular flexibility index (Phi) is 4.36. The van der Waals surface area contributed by atoms with E-state index in [9.17, 15) is 9.90 Å². The zero-order valence-corrected chi connectivity index (χ0v) is 12.1. The summed E-state index contributed by atoms with van der Waals surface area (Å²) in [6, 6.07) is -0.0253. The molecule has 5 heteroatoms. The van der Waals surface area contributed by atoms with Gasteiger partial charge >= 0.3 is 6.03 Å². The van der Waals surface area contributed by atoms with E-state index in [2.05, 4.69) is 5.32 Å². The van der Waals surface area contributed by atoms with E-state index in [0.29, 0.717) is 13.1 Å². The molecule has 5 nitrogen and oxygen atoms in total. The van der Waals surface area contributed by atoms with Gasteiger partial charge in [0.1, 0.15) is 0 Å². The third-order valence-electron chi connectivity index (χ3n) is 4.71. The summed E-state index contributed by atoms with van der Waals surface area (Å²) in [5.41, 5.74) is -0.281. The first-order chi connectivity index (χ1) is 9.02. The summed E-state index contributed by atoms with van der Waals surface area (Å²) in [5, 5.41) is 12.4. The lowest BCUT2D eigenvalue weighted by Crippen LogP contribution is -2.55. The number of amides is 2. The lowest BCUT2D eigenvalue weighted by atomic mass is 9.80. The van der Waals surface area contributed by atoms with Gasteiger partial charge in [-0.3, -0.25) is 0 Å². The molecule has 2 amide bonds. The number of nitrogens with zero attached hydrogens (tertiary/aromatic N) is 1. The van der Waals surface area contributed by atoms with Gasteiger partial charge in [0.2, 0.25) is 0 Å². The number of carbonyl (C=O) groups is 1. The molecule has 0 spiro atoms. The largest absolute Gasteiger partial charge is 0.396 e. The fourth-order valence-corrected chi connectivity index (χ4v) is 2.99. The molecule has 2 aliphatic rings. The second-order valence-corrected chi connectivity index (χ2v) is 6.39. The van der Waals surface area contributed by atoms with Gasteiger partial charge in [0.15, 0.2) is 0 Å². The van der Waals surface area contributed by atoms with Gasteiger partial charge in [-0.25, -0.2) is 4.79 Å². The first-order valence-electron chi connectivity index (χ1n) is 7.21. The smallest absolute Gasteiger partial charge is 0.317 e. The van der Waals surface area contributed by atoms with Crippen LogP contribution in [0.5, 0.6) is 0 Å². The molecule has 2 N–H and O–H groups in total. The van der Waals surface area contributed by atoms with E-state index in [1.807, 2.05) is 11.8 Å². The number of hydrogen-bond donors (Lipinski definition) is 2. The Morgan fingerprint density at radius 3 is 2.63 bits per heavy atom. The number of aliphatic hydroxyl groups excluding tert-OH is 1. The van der Waals surface area contributed by atoms with Crippen molar-refractivity contribution in [2.75, 3.05) is 33.4 Å². The Bertz CT molecular complexity index is 325. The monoisotopic (exact) mass is 270 g/mol. The number of rotatable bonds is 4. The van der Waals surface area contributed by atoms with Crippen LogP contribution >= 0.6 is 0 Å². The first-order valence-corrected chi connectivity index (χ1v) is 7.21. The average Bonchev–Trinajstić information content (AvgIpc) is 2.38. The molecule has 0 aromatic carbocycles. The molecular weight excluding hydrogens is 244 g/mol. The highest BCUT2D eigenvalue weighted by molar-refractivity contribution is 5.74. The van der Waals surface area contributed by atoms with E-state index < -0.39 is 0 Å². The standard InChI is InChI=1S/C14H26N2O3/c1-13(11-17)5-4-8-16(10-13)12(18)15-9-14(19-2)6-3-7-14/h17H,3-11H2,1-2H3,(H,15,18). The first kappa shape index (κ1) is 14.6. The molecule has 0 aromatic heterocycles. The fraction of sp³-hybridized carbons (Fsp3) is 0.929. The summed E-state index contributed by atoms with van der Waals surface area (Å²) in [7, 11) is 1.72. The maximum Gasteiger partial charge on any atom is 0.317 e. The number of ether oxygens (including phenoxy) is 1. The van der Waals surface area contributed by atoms with E-state index >= 15 is 0 Å². The van der Waals surface area contributed by atoms with Crippen LogP contribution in [0.2, 0.25) is 0 Å². The van der Waals surface area contributed by atoms with Crippen LogP contribution in [0, 0.1) is 5.41 Å². The van der Waals surface area contributed by atoms with Gasteiger partial charge in [0.05, 0.1) is 12.2 Å². The Morgan fingerprint density at radius 1 is 1.37 bits per heavy atom. The van der Waals surface area contributed by atoms with Crippen LogP contribution in [0.1, 0.15) is 39.0 Å². The highest BCUT2D eigenvalue weighted by Crippen LogP contribution is 2.34. The SMILES string of the molecule is COC1(CNC(=O)N2CCCC(C)(CO)C2)CCC1. The van der Waals surface area contributed by atoms with Crippen molar-refractivity contribution in [3.8, 4) is 0 Å². The maximum absolute atomic E-state index is 12.2. The van der Waals surface area contributed by atoms with Crippen LogP contribution in [0.25, 0.3) is 0 Å². The molecule has 1 aliphatic heterocycles. The van der Waals surface area contributed by atoms with Crippen molar-refractivity contribution in [1.29, 1.82) is 0 Å². The molecule has 0 radical (unpaired) electrons. The van der Waals surface area contributed by atoms with E-state index in [0.717, 1.165) is 32.2 Å². The summed E-state index contributed by atoms with van der Waals surface area (Å²) in [6.45, 7) is 4.18. The minimum Gasteiger partial charge on any atom is -0.396 e. The number of nitrogens with one attached hydrogen (secondary N) is 1. The zero-order valence-electron chi connectivity index (χ0n) is 12.1. The molecule has 0 aromatic rings. The number of piperidine rings is 1. The summed E-state index contributed by atoms with van der Waals surface area (Å²) in [4.78, 5) is 14.0. The molecule has 2 fully saturated rings. The van der Waals surface area contributed by atoms with Crippen molar-refractivity contribution in [2.45, 2.75) is 44.6 Å². The normalized spacial score (nSPS) is 29.7. The molecule has 110 valence electrons. The van der Waals surface area contributed by atoms with Crippen LogP contribution < -0.4 is 5.32 Å². The van der Waals surface area contributed by atoms with Crippen LogP contribution in [-0.2, 0) is 4.74 Å². The fourth-order valence-electron chi connectivity index (χ4n) is 2.99. The third-order valence-corrected chi connectivity index (χ3v) is 4.71. The summed E-state index contributed by atoms with van der Waals surface area (Å²) in [5.74, 6) is 0. The number of urea groups is 1. The minimum absolute atomic E-state index is 0.0253. The lowest BCUT2D eigenvalue weighted by Gasteiger charge is -2.42. The second-order valence-electron chi connectivity index (χ2n) is 6.39. The molecule has 1 heterocycles. The number of likely N-dealkylation sites (tertiary alicyclic amines) is 1. The van der Waals surface area contributed by atoms with Gasteiger partial charge < -0.3 is 20.1 Å². The summed E-state index contributed by atoms with van der Waals surface area (Å²) in [6.07, 6.45) is 5.17. The molecule has 0 bridgehead atoms. The Morgan fingerprint density at radius 2 is 2.11 bits per heavy atom. The average molecular weight is 270 g/mol. The molecule has 1 saturated heterocycles. The summed E-state index contributed by atoms with van der Waals surface area (Å²) < 4.78 is 5.50. The second kappa shape index (κ2) is 5.67. The van der Waals surface area contributed by atoms with Gasteiger partial charge in [-0.05, 0) is 32.1 Å². The van der Waals surface area contributed by atoms with Crippen LogP contribution in [0.4, 0.5) is 4.79 Å². The number of carbonyl (C=O) groups excluding carboxylic acids is 1. The van der Waals surface area contributed by atoms with E-state index in [1.165, 1.54) is 6.42 Å². The van der Waals surface area contributed by atoms with Crippen molar-refractivity contribution < 1.29 is 14.6 Å². The molecule has 1 saturated carbocycles. The molecule has 1 unspecified atom stereocenters. The highest BCUT2D eigenvalue weighted by atomic mass is 16.5. The van der Waals surface area contributed by atoms with Crippen LogP contribution in [0.15, 0.2) is 0 Å². The van der Waals surface area contributed by atoms with Crippen molar-refractivity contribution in [3.63, 3.8) is 0 Å². The van der Waals surface area contributed by atoms with Gasteiger partial charge in [0.25, 0.3) is 0 Å². The molecule has 1 atom stereocenters. The van der Waals surface area contributed by atoms with Gasteiger partial charge in [-0.2, -0.15) is 0 Å². The third kappa shape index (κ3) is 3.20. The predicted octanol–water partition coefficient (Wildman–Crippen LogP) is 1.36. The topological polar surface area (TPSA) is 61.8 Å². The number of methoxy groups -OCH3 is 1. The van der Waals surface area contributed by atoms with Crippen molar-refractivity contribution in [2.24, 2.45) is 5.41 Å². The molecule has 19 heavy (non-hydrogen) atoms. The van der Waals surface area contributed by atoms with E-state index in [-0.39, 0.29) is 23.7 Å². The highest BCUT2D eigenvalue weighted by Gasteiger charge is 2.38. The predicted molar refractivity (Wildman–Crippen MR) is 73.0 cm³/mol. The molecule has 1 aliphatic carbocycles. The quantitative estimate of drug-likeness (QED) is 0.811. The summed E-state index contributed by atoms with van der Waals surface area (Å²) >= 11 is 0. The Labute approximate surface area is 115 Å². The van der Waals surface area contributed by atoms with Crippen molar-refractivity contribution >= 4 is 6.03 Å². The van der Waals surface area contributed by atoms with Crippen molar-refractivity contribution in [1.82, 2.24) is 10.2 Å². The minimum atomic E-state index is -0.148. The number of hydrogen-bond acceptors (Lipinski definition) is 3. The zero-order chi connectivity index (χ0) is 13.9. The van der Waals surface area contributed by atoms with Gasteiger partial charge in [0, 0.05) is 32.2 Å². The molecular formula is C14H26N2O3. The van der Waals surface area contributed by atoms with Gasteiger partial charge in [-0.1, -0.05) is 6.92 Å². The van der Waals surface area contributed by atoms with Crippen LogP contribution in [0.3, 0.4) is 0 Å².